The zero-order valence-electron chi connectivity index (χ0n) is 17.3. The average Bonchev–Trinajstić information content (AvgIpc) is 2.76. The van der Waals surface area contributed by atoms with E-state index < -0.39 is 5.97 Å². The largest absolute Gasteiger partial charge is 0.496 e. The molecule has 0 saturated heterocycles. The van der Waals surface area contributed by atoms with Crippen molar-refractivity contribution in [3.05, 3.63) is 46.5 Å². The van der Waals surface area contributed by atoms with Gasteiger partial charge in [-0.1, -0.05) is 5.16 Å². The van der Waals surface area contributed by atoms with Crippen molar-refractivity contribution >= 4 is 11.7 Å². The monoisotopic (exact) mass is 399 g/mol. The van der Waals surface area contributed by atoms with Crippen LogP contribution in [0.4, 0.5) is 0 Å². The Hall–Kier alpha value is -3.22. The van der Waals surface area contributed by atoms with Crippen molar-refractivity contribution < 1.29 is 28.6 Å². The van der Waals surface area contributed by atoms with E-state index in [1.165, 1.54) is 39.0 Å². The van der Waals surface area contributed by atoms with Crippen molar-refractivity contribution in [2.75, 3.05) is 28.4 Å². The lowest BCUT2D eigenvalue weighted by molar-refractivity contribution is 0.0514. The van der Waals surface area contributed by atoms with Gasteiger partial charge in [0.2, 0.25) is 5.75 Å². The number of hydrogen-bond acceptors (Lipinski definition) is 7. The molecule has 0 saturated carbocycles. The molecule has 7 nitrogen and oxygen atoms in total. The Balaban J connectivity index is 1.88. The Kier molecular flexibility index (Phi) is 6.26. The summed E-state index contributed by atoms with van der Waals surface area (Å²) >= 11 is 0. The molecule has 2 aromatic carbocycles. The normalized spacial score (nSPS) is 14.2. The van der Waals surface area contributed by atoms with Crippen LogP contribution < -0.4 is 18.9 Å². The first kappa shape index (κ1) is 20.5. The second-order valence-corrected chi connectivity index (χ2v) is 6.60. The number of methoxy groups -OCH3 is 4. The van der Waals surface area contributed by atoms with E-state index in [9.17, 15) is 4.79 Å². The van der Waals surface area contributed by atoms with Crippen LogP contribution in [0, 0.1) is 6.92 Å². The Morgan fingerprint density at radius 3 is 2.14 bits per heavy atom. The summed E-state index contributed by atoms with van der Waals surface area (Å²) in [7, 11) is 6.14. The van der Waals surface area contributed by atoms with Gasteiger partial charge in [-0.3, -0.25) is 0 Å². The molecular formula is C22H25NO6. The Bertz CT molecular complexity index is 926. The fourth-order valence-corrected chi connectivity index (χ4v) is 3.56. The summed E-state index contributed by atoms with van der Waals surface area (Å²) in [5, 5.41) is 4.16. The molecule has 0 bridgehead atoms. The highest BCUT2D eigenvalue weighted by Crippen LogP contribution is 2.38. The van der Waals surface area contributed by atoms with Crippen LogP contribution in [0.1, 0.15) is 39.9 Å². The van der Waals surface area contributed by atoms with E-state index in [-0.39, 0.29) is 5.56 Å². The van der Waals surface area contributed by atoms with E-state index in [0.29, 0.717) is 17.2 Å². The first-order valence-electron chi connectivity index (χ1n) is 9.29. The molecular weight excluding hydrogens is 374 g/mol. The number of carbonyl (C=O) groups excluding carboxylic acids is 1. The number of carbonyl (C=O) groups is 1. The molecule has 0 heterocycles. The number of benzene rings is 2. The van der Waals surface area contributed by atoms with Crippen LogP contribution in [-0.4, -0.2) is 40.1 Å². The van der Waals surface area contributed by atoms with Gasteiger partial charge in [0, 0.05) is 5.56 Å². The third-order valence-electron chi connectivity index (χ3n) is 5.06. The number of ether oxygens (including phenoxy) is 4. The van der Waals surface area contributed by atoms with Crippen molar-refractivity contribution in [3.8, 4) is 23.0 Å². The molecule has 0 fully saturated rings. The summed E-state index contributed by atoms with van der Waals surface area (Å²) in [6, 6.07) is 6.95. The topological polar surface area (TPSA) is 75.6 Å². The van der Waals surface area contributed by atoms with E-state index in [1.807, 2.05) is 19.1 Å². The maximum atomic E-state index is 12.6. The van der Waals surface area contributed by atoms with Crippen LogP contribution in [0.2, 0.25) is 0 Å². The van der Waals surface area contributed by atoms with Gasteiger partial charge in [0.15, 0.2) is 11.5 Å². The first-order valence-corrected chi connectivity index (χ1v) is 9.29. The van der Waals surface area contributed by atoms with Gasteiger partial charge in [-0.05, 0) is 61.6 Å². The van der Waals surface area contributed by atoms with Crippen LogP contribution >= 0.6 is 0 Å². The minimum Gasteiger partial charge on any atom is -0.496 e. The van der Waals surface area contributed by atoms with Gasteiger partial charge in [-0.25, -0.2) is 4.79 Å². The third kappa shape index (κ3) is 3.99. The lowest BCUT2D eigenvalue weighted by atomic mass is 9.87. The maximum absolute atomic E-state index is 12.6. The van der Waals surface area contributed by atoms with Crippen molar-refractivity contribution in [1.82, 2.24) is 0 Å². The van der Waals surface area contributed by atoms with Gasteiger partial charge in [-0.2, -0.15) is 0 Å². The molecule has 0 aliphatic heterocycles. The first-order chi connectivity index (χ1) is 14.0. The fourth-order valence-electron chi connectivity index (χ4n) is 3.56. The summed E-state index contributed by atoms with van der Waals surface area (Å²) in [6.45, 7) is 2.03. The predicted octanol–water partition coefficient (Wildman–Crippen LogP) is 3.93. The lowest BCUT2D eigenvalue weighted by Crippen LogP contribution is -2.15. The predicted molar refractivity (Wildman–Crippen MR) is 109 cm³/mol. The van der Waals surface area contributed by atoms with E-state index in [4.69, 9.17) is 23.8 Å². The van der Waals surface area contributed by atoms with Gasteiger partial charge in [0.05, 0.1) is 39.7 Å². The molecule has 2 aromatic rings. The number of fused-ring (bicyclic) bond motifs is 1. The smallest absolute Gasteiger partial charge is 0.366 e. The summed E-state index contributed by atoms with van der Waals surface area (Å²) in [5.41, 5.74) is 4.27. The van der Waals surface area contributed by atoms with Crippen molar-refractivity contribution in [2.24, 2.45) is 5.16 Å². The number of rotatable bonds is 6. The van der Waals surface area contributed by atoms with Crippen LogP contribution in [-0.2, 0) is 11.3 Å². The molecule has 154 valence electrons. The minimum absolute atomic E-state index is 0.255. The average molecular weight is 399 g/mol. The Labute approximate surface area is 170 Å². The zero-order valence-corrected chi connectivity index (χ0v) is 17.3. The van der Waals surface area contributed by atoms with E-state index >= 15 is 0 Å². The molecule has 0 atom stereocenters. The summed E-state index contributed by atoms with van der Waals surface area (Å²) in [5.74, 6) is 1.39. The molecule has 3 rings (SSSR count). The molecule has 7 heteroatoms. The third-order valence-corrected chi connectivity index (χ3v) is 5.06. The van der Waals surface area contributed by atoms with Gasteiger partial charge < -0.3 is 23.8 Å². The van der Waals surface area contributed by atoms with Gasteiger partial charge in [0.1, 0.15) is 5.75 Å². The van der Waals surface area contributed by atoms with Crippen molar-refractivity contribution in [3.63, 3.8) is 0 Å². The molecule has 0 unspecified atom stereocenters. The fraction of sp³-hybridized carbons (Fsp3) is 0.364. The Morgan fingerprint density at radius 2 is 1.55 bits per heavy atom. The van der Waals surface area contributed by atoms with E-state index in [2.05, 4.69) is 5.16 Å². The number of hydrogen-bond donors (Lipinski definition) is 0. The number of nitrogens with zero attached hydrogens (tertiary/aromatic N) is 1. The van der Waals surface area contributed by atoms with Crippen LogP contribution in [0.15, 0.2) is 29.4 Å². The second-order valence-electron chi connectivity index (χ2n) is 6.60. The highest BCUT2D eigenvalue weighted by molar-refractivity contribution is 6.03. The van der Waals surface area contributed by atoms with Crippen LogP contribution in [0.5, 0.6) is 23.0 Å². The lowest BCUT2D eigenvalue weighted by Gasteiger charge is -2.21. The highest BCUT2D eigenvalue weighted by atomic mass is 16.7. The number of oxime groups is 1. The van der Waals surface area contributed by atoms with E-state index in [1.54, 1.807) is 7.11 Å². The highest BCUT2D eigenvalue weighted by Gasteiger charge is 2.22. The maximum Gasteiger partial charge on any atom is 0.366 e. The molecule has 1 aliphatic carbocycles. The van der Waals surface area contributed by atoms with Crippen LogP contribution in [0.3, 0.4) is 0 Å². The van der Waals surface area contributed by atoms with Crippen LogP contribution in [0.25, 0.3) is 0 Å². The molecule has 0 spiro atoms. The van der Waals surface area contributed by atoms with E-state index in [0.717, 1.165) is 41.9 Å². The Morgan fingerprint density at radius 1 is 0.897 bits per heavy atom. The minimum atomic E-state index is -0.603. The van der Waals surface area contributed by atoms with Gasteiger partial charge >= 0.3 is 5.97 Å². The molecule has 1 aliphatic rings. The summed E-state index contributed by atoms with van der Waals surface area (Å²) in [4.78, 5) is 17.9. The van der Waals surface area contributed by atoms with Gasteiger partial charge in [-0.15, -0.1) is 0 Å². The summed E-state index contributed by atoms with van der Waals surface area (Å²) in [6.07, 6.45) is 2.61. The molecule has 0 N–H and O–H groups in total. The summed E-state index contributed by atoms with van der Waals surface area (Å²) < 4.78 is 21.3. The standard InChI is InChI=1S/C22H25NO6/c1-13-15-7-6-8-17(16(15)9-10-18(13)25-2)23-29-22(24)14-11-19(26-3)21(28-5)20(12-14)27-4/h9-12H,6-8H2,1-5H3. The second kappa shape index (κ2) is 8.86. The van der Waals surface area contributed by atoms with Gasteiger partial charge in [0.25, 0.3) is 0 Å². The quantitative estimate of drug-likeness (QED) is 0.541. The molecule has 0 amide bonds. The zero-order chi connectivity index (χ0) is 21.0. The molecule has 29 heavy (non-hydrogen) atoms. The van der Waals surface area contributed by atoms with Crippen molar-refractivity contribution in [1.29, 1.82) is 0 Å². The van der Waals surface area contributed by atoms with Crippen molar-refractivity contribution in [2.45, 2.75) is 26.2 Å². The molecule has 0 radical (unpaired) electrons. The SMILES string of the molecule is COc1ccc2c(c1C)CCCC2=NOC(=O)c1cc(OC)c(OC)c(OC)c1. The molecule has 0 aromatic heterocycles.